The molecule has 2 heterocycles. The fourth-order valence-electron chi connectivity index (χ4n) is 2.67. The highest BCUT2D eigenvalue weighted by Gasteiger charge is 2.18. The highest BCUT2D eigenvalue weighted by molar-refractivity contribution is 5.79. The van der Waals surface area contributed by atoms with Gasteiger partial charge in [0.1, 0.15) is 11.8 Å². The molecule has 0 fully saturated rings. The molecule has 27 heavy (non-hydrogen) atoms. The summed E-state index contributed by atoms with van der Waals surface area (Å²) < 4.78 is 6.47. The number of carbonyl (C=O) groups is 1. The lowest BCUT2D eigenvalue weighted by molar-refractivity contribution is -0.124. The number of aromatic nitrogens is 3. The number of carbonyl (C=O) groups excluding carboxylic acids is 1. The highest BCUT2D eigenvalue weighted by Crippen LogP contribution is 2.17. The van der Waals surface area contributed by atoms with Gasteiger partial charge in [-0.15, -0.1) is 0 Å². The van der Waals surface area contributed by atoms with Crippen molar-refractivity contribution in [2.45, 2.75) is 19.5 Å². The Kier molecular flexibility index (Phi) is 5.61. The zero-order valence-corrected chi connectivity index (χ0v) is 15.1. The minimum Gasteiger partial charge on any atom is -0.496 e. The van der Waals surface area contributed by atoms with Gasteiger partial charge in [-0.1, -0.05) is 18.2 Å². The first-order valence-electron chi connectivity index (χ1n) is 8.50. The summed E-state index contributed by atoms with van der Waals surface area (Å²) in [7, 11) is 1.58. The fraction of sp³-hybridized carbons (Fsp3) is 0.200. The van der Waals surface area contributed by atoms with Crippen LogP contribution in [0.3, 0.4) is 0 Å². The Morgan fingerprint density at radius 2 is 1.89 bits per heavy atom. The maximum atomic E-state index is 12.6. The quantitative estimate of drug-likeness (QED) is 0.725. The third-order valence-corrected chi connectivity index (χ3v) is 4.19. The third-order valence-electron chi connectivity index (χ3n) is 4.19. The van der Waals surface area contributed by atoms with Crippen molar-refractivity contribution in [3.63, 3.8) is 0 Å². The first-order valence-corrected chi connectivity index (χ1v) is 8.50. The Balaban J connectivity index is 1.77. The van der Waals surface area contributed by atoms with Gasteiger partial charge >= 0.3 is 0 Å². The first-order chi connectivity index (χ1) is 13.1. The van der Waals surface area contributed by atoms with Gasteiger partial charge in [-0.05, 0) is 31.2 Å². The molecule has 138 valence electrons. The van der Waals surface area contributed by atoms with E-state index in [-0.39, 0.29) is 11.5 Å². The molecule has 1 aromatic carbocycles. The second kappa shape index (κ2) is 8.27. The van der Waals surface area contributed by atoms with Crippen molar-refractivity contribution in [3.8, 4) is 17.0 Å². The van der Waals surface area contributed by atoms with Crippen LogP contribution in [0, 0.1) is 0 Å². The Labute approximate surface area is 156 Å². The molecule has 0 aliphatic heterocycles. The molecule has 0 saturated heterocycles. The topological polar surface area (TPSA) is 86.1 Å². The lowest BCUT2D eigenvalue weighted by Crippen LogP contribution is -2.36. The van der Waals surface area contributed by atoms with Crippen molar-refractivity contribution >= 4 is 5.91 Å². The normalized spacial score (nSPS) is 11.6. The minimum atomic E-state index is -0.756. The Bertz CT molecular complexity index is 986. The molecule has 3 rings (SSSR count). The molecular formula is C20H20N4O3. The standard InChI is InChI=1S/C20H20N4O3/c1-14(20(26)22-13-16-5-3-4-6-18(16)27-2)24-19(25)8-7-17(23-24)15-9-11-21-12-10-15/h3-12,14H,13H2,1-2H3,(H,22,26). The monoisotopic (exact) mass is 364 g/mol. The number of rotatable bonds is 6. The number of methoxy groups -OCH3 is 1. The number of hydrogen-bond donors (Lipinski definition) is 1. The average Bonchev–Trinajstić information content (AvgIpc) is 2.72. The maximum absolute atomic E-state index is 12.6. The van der Waals surface area contributed by atoms with Gasteiger partial charge in [0, 0.05) is 36.1 Å². The van der Waals surface area contributed by atoms with Crippen LogP contribution < -0.4 is 15.6 Å². The molecule has 2 aromatic heterocycles. The van der Waals surface area contributed by atoms with Gasteiger partial charge in [0.2, 0.25) is 5.91 Å². The van der Waals surface area contributed by atoms with Gasteiger partial charge < -0.3 is 10.1 Å². The van der Waals surface area contributed by atoms with Gasteiger partial charge in [0.05, 0.1) is 12.8 Å². The van der Waals surface area contributed by atoms with Gasteiger partial charge in [-0.3, -0.25) is 14.6 Å². The van der Waals surface area contributed by atoms with Gasteiger partial charge in [0.25, 0.3) is 5.56 Å². The summed E-state index contributed by atoms with van der Waals surface area (Å²) in [5.74, 6) is 0.391. The summed E-state index contributed by atoms with van der Waals surface area (Å²) in [5.41, 5.74) is 1.93. The van der Waals surface area contributed by atoms with Gasteiger partial charge in [-0.25, -0.2) is 4.68 Å². The van der Waals surface area contributed by atoms with Crippen LogP contribution in [0.1, 0.15) is 18.5 Å². The zero-order chi connectivity index (χ0) is 19.2. The highest BCUT2D eigenvalue weighted by atomic mass is 16.5. The van der Waals surface area contributed by atoms with Crippen LogP contribution in [0.2, 0.25) is 0 Å². The molecule has 7 heteroatoms. The minimum absolute atomic E-state index is 0.298. The van der Waals surface area contributed by atoms with E-state index in [1.807, 2.05) is 24.3 Å². The van der Waals surface area contributed by atoms with Crippen LogP contribution >= 0.6 is 0 Å². The molecular weight excluding hydrogens is 344 g/mol. The van der Waals surface area contributed by atoms with Crippen LogP contribution in [0.5, 0.6) is 5.75 Å². The molecule has 7 nitrogen and oxygen atoms in total. The summed E-state index contributed by atoms with van der Waals surface area (Å²) in [6.45, 7) is 1.94. The first kappa shape index (κ1) is 18.3. The van der Waals surface area contributed by atoms with Crippen molar-refractivity contribution in [2.75, 3.05) is 7.11 Å². The summed E-state index contributed by atoms with van der Waals surface area (Å²) in [6, 6.07) is 13.3. The van der Waals surface area contributed by atoms with E-state index in [2.05, 4.69) is 15.4 Å². The van der Waals surface area contributed by atoms with Crippen LogP contribution in [-0.4, -0.2) is 27.8 Å². The summed E-state index contributed by atoms with van der Waals surface area (Å²) in [4.78, 5) is 28.7. The van der Waals surface area contributed by atoms with E-state index in [0.29, 0.717) is 18.0 Å². The van der Waals surface area contributed by atoms with Crippen LogP contribution in [0.4, 0.5) is 0 Å². The molecule has 1 N–H and O–H groups in total. The molecule has 0 aliphatic rings. The van der Waals surface area contributed by atoms with Crippen molar-refractivity contribution in [1.82, 2.24) is 20.1 Å². The van der Waals surface area contributed by atoms with Crippen LogP contribution in [-0.2, 0) is 11.3 Å². The SMILES string of the molecule is COc1ccccc1CNC(=O)C(C)n1nc(-c2ccncc2)ccc1=O. The van der Waals surface area contributed by atoms with E-state index in [0.717, 1.165) is 11.1 Å². The number of nitrogens with one attached hydrogen (secondary N) is 1. The molecule has 0 bridgehead atoms. The van der Waals surface area contributed by atoms with Gasteiger partial charge in [0.15, 0.2) is 0 Å². The maximum Gasteiger partial charge on any atom is 0.267 e. The molecule has 1 amide bonds. The smallest absolute Gasteiger partial charge is 0.267 e. The number of pyridine rings is 1. The Morgan fingerprint density at radius 3 is 2.63 bits per heavy atom. The molecule has 3 aromatic rings. The predicted molar refractivity (Wildman–Crippen MR) is 101 cm³/mol. The average molecular weight is 364 g/mol. The Hall–Kier alpha value is -3.48. The molecule has 0 spiro atoms. The summed E-state index contributed by atoms with van der Waals surface area (Å²) in [6.07, 6.45) is 3.30. The van der Waals surface area contributed by atoms with Crippen LogP contribution in [0.25, 0.3) is 11.3 Å². The van der Waals surface area contributed by atoms with Crippen molar-refractivity contribution < 1.29 is 9.53 Å². The zero-order valence-electron chi connectivity index (χ0n) is 15.1. The molecule has 0 radical (unpaired) electrons. The largest absolute Gasteiger partial charge is 0.496 e. The lowest BCUT2D eigenvalue weighted by atomic mass is 10.2. The number of hydrogen-bond acceptors (Lipinski definition) is 5. The molecule has 0 aliphatic carbocycles. The molecule has 1 unspecified atom stereocenters. The molecule has 1 atom stereocenters. The molecule has 0 saturated carbocycles. The third kappa shape index (κ3) is 4.20. The van der Waals surface area contributed by atoms with E-state index < -0.39 is 6.04 Å². The van der Waals surface area contributed by atoms with E-state index in [4.69, 9.17) is 4.74 Å². The van der Waals surface area contributed by atoms with E-state index in [1.165, 1.54) is 10.7 Å². The number of nitrogens with zero attached hydrogens (tertiary/aromatic N) is 3. The second-order valence-corrected chi connectivity index (χ2v) is 5.94. The van der Waals surface area contributed by atoms with E-state index in [1.54, 1.807) is 44.6 Å². The van der Waals surface area contributed by atoms with Crippen molar-refractivity contribution in [2.24, 2.45) is 0 Å². The predicted octanol–water partition coefficient (Wildman–Crippen LogP) is 2.19. The van der Waals surface area contributed by atoms with E-state index >= 15 is 0 Å². The van der Waals surface area contributed by atoms with Crippen molar-refractivity contribution in [1.29, 1.82) is 0 Å². The number of amides is 1. The van der Waals surface area contributed by atoms with E-state index in [9.17, 15) is 9.59 Å². The fourth-order valence-corrected chi connectivity index (χ4v) is 2.67. The lowest BCUT2D eigenvalue weighted by Gasteiger charge is -2.16. The number of ether oxygens (including phenoxy) is 1. The van der Waals surface area contributed by atoms with Gasteiger partial charge in [-0.2, -0.15) is 5.10 Å². The summed E-state index contributed by atoms with van der Waals surface area (Å²) in [5, 5.41) is 7.17. The Morgan fingerprint density at radius 1 is 1.15 bits per heavy atom. The summed E-state index contributed by atoms with van der Waals surface area (Å²) >= 11 is 0. The van der Waals surface area contributed by atoms with Crippen molar-refractivity contribution in [3.05, 3.63) is 76.8 Å². The number of benzene rings is 1. The van der Waals surface area contributed by atoms with Crippen LogP contribution in [0.15, 0.2) is 65.7 Å². The second-order valence-electron chi connectivity index (χ2n) is 5.94. The number of para-hydroxylation sites is 1.